The number of nitriles is 1. The van der Waals surface area contributed by atoms with Crippen LogP contribution in [0.3, 0.4) is 0 Å². The fraction of sp³-hybridized carbons (Fsp3) is 0.588. The molecular formula is C17H25N3. The summed E-state index contributed by atoms with van der Waals surface area (Å²) in [6.45, 7) is 7.20. The lowest BCUT2D eigenvalue weighted by atomic mass is 9.88. The summed E-state index contributed by atoms with van der Waals surface area (Å²) in [5.74, 6) is 0.835. The zero-order valence-corrected chi connectivity index (χ0v) is 12.6. The monoisotopic (exact) mass is 271 g/mol. The molecule has 0 aromatic heterocycles. The maximum absolute atomic E-state index is 8.93. The number of aryl methyl sites for hydroxylation is 1. The smallest absolute Gasteiger partial charge is 0.0991 e. The van der Waals surface area contributed by atoms with Crippen LogP contribution in [0.5, 0.6) is 0 Å². The fourth-order valence-corrected chi connectivity index (χ4v) is 3.17. The van der Waals surface area contributed by atoms with Gasteiger partial charge >= 0.3 is 0 Å². The summed E-state index contributed by atoms with van der Waals surface area (Å²) in [6, 6.07) is 8.69. The van der Waals surface area contributed by atoms with E-state index >= 15 is 0 Å². The van der Waals surface area contributed by atoms with Gasteiger partial charge in [-0.1, -0.05) is 19.4 Å². The van der Waals surface area contributed by atoms with Gasteiger partial charge in [-0.05, 0) is 55.5 Å². The molecule has 1 aliphatic heterocycles. The second-order valence-electron chi connectivity index (χ2n) is 5.91. The standard InChI is InChI=1S/C17H25N3/c1-3-14-6-7-20(17(9-14)11-19)12-16-5-4-15(10-18)8-13(16)2/h4-5,8,14,17H,3,6-7,9,11-12,19H2,1-2H3. The van der Waals surface area contributed by atoms with Gasteiger partial charge < -0.3 is 5.73 Å². The number of hydrogen-bond donors (Lipinski definition) is 1. The van der Waals surface area contributed by atoms with Gasteiger partial charge in [0.1, 0.15) is 0 Å². The van der Waals surface area contributed by atoms with E-state index in [2.05, 4.69) is 30.9 Å². The number of rotatable bonds is 4. The molecule has 108 valence electrons. The van der Waals surface area contributed by atoms with E-state index in [4.69, 9.17) is 11.0 Å². The van der Waals surface area contributed by atoms with Gasteiger partial charge in [0.15, 0.2) is 0 Å². The zero-order chi connectivity index (χ0) is 14.5. The van der Waals surface area contributed by atoms with Gasteiger partial charge in [-0.3, -0.25) is 4.90 Å². The molecule has 1 aromatic rings. The van der Waals surface area contributed by atoms with E-state index in [-0.39, 0.29) is 0 Å². The highest BCUT2D eigenvalue weighted by Gasteiger charge is 2.26. The van der Waals surface area contributed by atoms with Gasteiger partial charge in [0.2, 0.25) is 0 Å². The quantitative estimate of drug-likeness (QED) is 0.916. The molecule has 0 bridgehead atoms. The summed E-state index contributed by atoms with van der Waals surface area (Å²) in [4.78, 5) is 2.51. The van der Waals surface area contributed by atoms with Crippen LogP contribution in [0.25, 0.3) is 0 Å². The summed E-state index contributed by atoms with van der Waals surface area (Å²) in [6.07, 6.45) is 3.77. The van der Waals surface area contributed by atoms with Crippen LogP contribution in [0, 0.1) is 24.2 Å². The average Bonchev–Trinajstić information content (AvgIpc) is 2.49. The maximum atomic E-state index is 8.93. The average molecular weight is 271 g/mol. The van der Waals surface area contributed by atoms with Crippen molar-refractivity contribution >= 4 is 0 Å². The minimum atomic E-state index is 0.503. The predicted molar refractivity (Wildman–Crippen MR) is 82.2 cm³/mol. The van der Waals surface area contributed by atoms with Crippen LogP contribution >= 0.6 is 0 Å². The van der Waals surface area contributed by atoms with E-state index in [0.29, 0.717) is 6.04 Å². The molecule has 1 aliphatic rings. The van der Waals surface area contributed by atoms with Crippen molar-refractivity contribution in [1.82, 2.24) is 4.90 Å². The second-order valence-corrected chi connectivity index (χ2v) is 5.91. The second kappa shape index (κ2) is 6.88. The van der Waals surface area contributed by atoms with Gasteiger partial charge in [-0.25, -0.2) is 0 Å². The minimum Gasteiger partial charge on any atom is -0.329 e. The van der Waals surface area contributed by atoms with Crippen molar-refractivity contribution in [2.24, 2.45) is 11.7 Å². The highest BCUT2D eigenvalue weighted by Crippen LogP contribution is 2.26. The van der Waals surface area contributed by atoms with Crippen LogP contribution in [0.15, 0.2) is 18.2 Å². The first-order chi connectivity index (χ1) is 9.67. The number of nitrogens with zero attached hydrogens (tertiary/aromatic N) is 2. The molecule has 20 heavy (non-hydrogen) atoms. The fourth-order valence-electron chi connectivity index (χ4n) is 3.17. The van der Waals surface area contributed by atoms with Crippen molar-refractivity contribution in [3.8, 4) is 6.07 Å². The molecule has 1 fully saturated rings. The molecule has 2 rings (SSSR count). The first kappa shape index (κ1) is 15.0. The largest absolute Gasteiger partial charge is 0.329 e. The number of piperidine rings is 1. The van der Waals surface area contributed by atoms with Crippen molar-refractivity contribution in [3.63, 3.8) is 0 Å². The van der Waals surface area contributed by atoms with Crippen LogP contribution in [-0.4, -0.2) is 24.0 Å². The van der Waals surface area contributed by atoms with Gasteiger partial charge in [0.05, 0.1) is 11.6 Å². The first-order valence-corrected chi connectivity index (χ1v) is 7.61. The Morgan fingerprint density at radius 3 is 2.85 bits per heavy atom. The number of likely N-dealkylation sites (tertiary alicyclic amines) is 1. The van der Waals surface area contributed by atoms with Gasteiger partial charge in [-0.2, -0.15) is 5.26 Å². The molecule has 1 heterocycles. The van der Waals surface area contributed by atoms with E-state index in [1.807, 2.05) is 12.1 Å². The topological polar surface area (TPSA) is 53.0 Å². The van der Waals surface area contributed by atoms with Crippen molar-refractivity contribution in [2.75, 3.05) is 13.1 Å². The van der Waals surface area contributed by atoms with E-state index in [9.17, 15) is 0 Å². The third-order valence-electron chi connectivity index (χ3n) is 4.64. The van der Waals surface area contributed by atoms with E-state index in [1.54, 1.807) is 0 Å². The predicted octanol–water partition coefficient (Wildman–Crippen LogP) is 2.82. The Morgan fingerprint density at radius 1 is 1.45 bits per heavy atom. The summed E-state index contributed by atoms with van der Waals surface area (Å²) < 4.78 is 0. The molecule has 1 aromatic carbocycles. The van der Waals surface area contributed by atoms with Crippen LogP contribution in [0.4, 0.5) is 0 Å². The first-order valence-electron chi connectivity index (χ1n) is 7.61. The lowest BCUT2D eigenvalue weighted by Crippen LogP contribution is -2.46. The van der Waals surface area contributed by atoms with Crippen LogP contribution in [0.2, 0.25) is 0 Å². The highest BCUT2D eigenvalue weighted by atomic mass is 15.2. The van der Waals surface area contributed by atoms with Crippen LogP contribution in [-0.2, 0) is 6.54 Å². The van der Waals surface area contributed by atoms with Crippen molar-refractivity contribution in [3.05, 3.63) is 34.9 Å². The molecule has 0 radical (unpaired) electrons. The van der Waals surface area contributed by atoms with Gasteiger partial charge in [0.25, 0.3) is 0 Å². The molecular weight excluding hydrogens is 246 g/mol. The summed E-state index contributed by atoms with van der Waals surface area (Å²) in [5, 5.41) is 8.93. The molecule has 0 spiro atoms. The molecule has 0 aliphatic carbocycles. The van der Waals surface area contributed by atoms with Gasteiger partial charge in [0, 0.05) is 19.1 Å². The van der Waals surface area contributed by atoms with Gasteiger partial charge in [-0.15, -0.1) is 0 Å². The van der Waals surface area contributed by atoms with Crippen molar-refractivity contribution in [1.29, 1.82) is 5.26 Å². The Kier molecular flexibility index (Phi) is 5.17. The lowest BCUT2D eigenvalue weighted by Gasteiger charge is -2.39. The maximum Gasteiger partial charge on any atom is 0.0991 e. The molecule has 0 amide bonds. The van der Waals surface area contributed by atoms with Crippen molar-refractivity contribution < 1.29 is 0 Å². The van der Waals surface area contributed by atoms with E-state index < -0.39 is 0 Å². The van der Waals surface area contributed by atoms with E-state index in [0.717, 1.165) is 31.1 Å². The Labute approximate surface area is 122 Å². The van der Waals surface area contributed by atoms with E-state index in [1.165, 1.54) is 30.4 Å². The normalized spacial score (nSPS) is 23.5. The number of hydrogen-bond acceptors (Lipinski definition) is 3. The highest BCUT2D eigenvalue weighted by molar-refractivity contribution is 5.37. The zero-order valence-electron chi connectivity index (χ0n) is 12.6. The lowest BCUT2D eigenvalue weighted by molar-refractivity contribution is 0.107. The molecule has 3 nitrogen and oxygen atoms in total. The summed E-state index contributed by atoms with van der Waals surface area (Å²) >= 11 is 0. The molecule has 2 atom stereocenters. The number of nitrogens with two attached hydrogens (primary N) is 1. The SMILES string of the molecule is CCC1CCN(Cc2ccc(C#N)cc2C)C(CN)C1. The Bertz CT molecular complexity index is 489. The Morgan fingerprint density at radius 2 is 2.25 bits per heavy atom. The Hall–Kier alpha value is -1.37. The third-order valence-corrected chi connectivity index (χ3v) is 4.64. The molecule has 2 N–H and O–H groups in total. The van der Waals surface area contributed by atoms with Crippen LogP contribution in [0.1, 0.15) is 42.9 Å². The van der Waals surface area contributed by atoms with Crippen molar-refractivity contribution in [2.45, 2.75) is 45.7 Å². The molecule has 2 unspecified atom stereocenters. The summed E-state index contributed by atoms with van der Waals surface area (Å²) in [7, 11) is 0. The molecule has 0 saturated carbocycles. The Balaban J connectivity index is 2.07. The summed E-state index contributed by atoms with van der Waals surface area (Å²) in [5.41, 5.74) is 9.23. The number of benzene rings is 1. The minimum absolute atomic E-state index is 0.503. The molecule has 1 saturated heterocycles. The third kappa shape index (κ3) is 3.39. The van der Waals surface area contributed by atoms with Crippen LogP contribution < -0.4 is 5.73 Å². The molecule has 3 heteroatoms.